The van der Waals surface area contributed by atoms with Gasteiger partial charge in [-0.05, 0) is 24.0 Å². The molecule has 3 nitrogen and oxygen atoms in total. The third-order valence-corrected chi connectivity index (χ3v) is 2.87. The third kappa shape index (κ3) is 2.94. The van der Waals surface area contributed by atoms with E-state index in [9.17, 15) is 0 Å². The molecule has 0 fully saturated rings. The molecule has 0 unspecified atom stereocenters. The smallest absolute Gasteiger partial charge is 0.106 e. The lowest BCUT2D eigenvalue weighted by molar-refractivity contribution is 0.287. The number of rotatable bonds is 5. The average molecular weight is 230 g/mol. The van der Waals surface area contributed by atoms with Gasteiger partial charge in [-0.3, -0.25) is 0 Å². The predicted octanol–water partition coefficient (Wildman–Crippen LogP) is 2.56. The molecule has 0 aliphatic carbocycles. The van der Waals surface area contributed by atoms with Gasteiger partial charge < -0.3 is 10.1 Å². The summed E-state index contributed by atoms with van der Waals surface area (Å²) in [5.74, 6) is 0.939. The van der Waals surface area contributed by atoms with Gasteiger partial charge in [-0.2, -0.15) is 0 Å². The molecule has 1 heterocycles. The summed E-state index contributed by atoms with van der Waals surface area (Å²) in [5, 5.41) is 8.77. The number of aromatic amines is 1. The van der Waals surface area contributed by atoms with E-state index >= 15 is 0 Å². The normalized spacial score (nSPS) is 10.7. The van der Waals surface area contributed by atoms with E-state index in [-0.39, 0.29) is 6.61 Å². The molecule has 0 saturated carbocycles. The topological polar surface area (TPSA) is 48.9 Å². The number of aliphatic hydroxyl groups is 1. The van der Waals surface area contributed by atoms with Crippen LogP contribution in [0.25, 0.3) is 11.3 Å². The highest BCUT2D eigenvalue weighted by molar-refractivity contribution is 5.58. The fraction of sp³-hybridized carbons (Fsp3) is 0.357. The Morgan fingerprint density at radius 1 is 1.24 bits per heavy atom. The van der Waals surface area contributed by atoms with Crippen LogP contribution in [-0.2, 0) is 12.8 Å². The second kappa shape index (κ2) is 5.64. The number of aromatic nitrogens is 2. The average Bonchev–Trinajstić information content (AvgIpc) is 2.85. The van der Waals surface area contributed by atoms with Gasteiger partial charge >= 0.3 is 0 Å². The number of imidazole rings is 1. The van der Waals surface area contributed by atoms with Crippen molar-refractivity contribution in [1.29, 1.82) is 0 Å². The van der Waals surface area contributed by atoms with Crippen LogP contribution in [0.5, 0.6) is 0 Å². The Labute approximate surface area is 102 Å². The van der Waals surface area contributed by atoms with Crippen LogP contribution in [0.2, 0.25) is 0 Å². The number of benzene rings is 1. The Bertz CT molecular complexity index is 459. The van der Waals surface area contributed by atoms with E-state index < -0.39 is 0 Å². The minimum absolute atomic E-state index is 0.210. The van der Waals surface area contributed by atoms with E-state index in [1.54, 1.807) is 0 Å². The summed E-state index contributed by atoms with van der Waals surface area (Å²) < 4.78 is 0. The summed E-state index contributed by atoms with van der Waals surface area (Å²) in [7, 11) is 0. The van der Waals surface area contributed by atoms with Crippen molar-refractivity contribution in [2.45, 2.75) is 26.2 Å². The van der Waals surface area contributed by atoms with E-state index in [2.05, 4.69) is 41.2 Å². The second-order valence-corrected chi connectivity index (χ2v) is 4.12. The van der Waals surface area contributed by atoms with E-state index in [1.165, 1.54) is 5.56 Å². The molecule has 3 heteroatoms. The summed E-state index contributed by atoms with van der Waals surface area (Å²) in [6.45, 7) is 2.36. The monoisotopic (exact) mass is 230 g/mol. The molecule has 0 atom stereocenters. The van der Waals surface area contributed by atoms with Gasteiger partial charge in [-0.1, -0.05) is 31.2 Å². The maximum Gasteiger partial charge on any atom is 0.106 e. The van der Waals surface area contributed by atoms with Crippen molar-refractivity contribution in [2.75, 3.05) is 6.61 Å². The largest absolute Gasteiger partial charge is 0.396 e. The lowest BCUT2D eigenvalue weighted by Crippen LogP contribution is -1.91. The molecule has 90 valence electrons. The van der Waals surface area contributed by atoms with Gasteiger partial charge in [0.2, 0.25) is 0 Å². The van der Waals surface area contributed by atoms with Crippen molar-refractivity contribution in [1.82, 2.24) is 9.97 Å². The van der Waals surface area contributed by atoms with E-state index in [0.29, 0.717) is 0 Å². The van der Waals surface area contributed by atoms with Crippen LogP contribution in [0.1, 0.15) is 24.7 Å². The zero-order chi connectivity index (χ0) is 12.1. The van der Waals surface area contributed by atoms with Crippen molar-refractivity contribution in [3.63, 3.8) is 0 Å². The Hall–Kier alpha value is -1.61. The quantitative estimate of drug-likeness (QED) is 0.829. The molecule has 0 radical (unpaired) electrons. The molecular weight excluding hydrogens is 212 g/mol. The number of nitrogens with zero attached hydrogens (tertiary/aromatic N) is 1. The van der Waals surface area contributed by atoms with Crippen LogP contribution in [-0.4, -0.2) is 21.7 Å². The summed E-state index contributed by atoms with van der Waals surface area (Å²) in [5.41, 5.74) is 3.54. The number of H-pyrrole nitrogens is 1. The first-order valence-corrected chi connectivity index (χ1v) is 6.07. The second-order valence-electron chi connectivity index (χ2n) is 4.12. The Balaban J connectivity index is 2.12. The Morgan fingerprint density at radius 2 is 2.00 bits per heavy atom. The summed E-state index contributed by atoms with van der Waals surface area (Å²) >= 11 is 0. The van der Waals surface area contributed by atoms with E-state index in [4.69, 9.17) is 5.11 Å². The van der Waals surface area contributed by atoms with Crippen molar-refractivity contribution >= 4 is 0 Å². The standard InChI is InChI=1S/C14H18N2O/c1-2-11-5-7-12(8-6-11)13-10-15-14(16-13)4-3-9-17/h5-8,10,17H,2-4,9H2,1H3,(H,15,16). The molecule has 0 aliphatic heterocycles. The minimum Gasteiger partial charge on any atom is -0.396 e. The molecular formula is C14H18N2O. The zero-order valence-corrected chi connectivity index (χ0v) is 10.1. The van der Waals surface area contributed by atoms with Gasteiger partial charge in [0, 0.05) is 13.0 Å². The van der Waals surface area contributed by atoms with Crippen molar-refractivity contribution in [3.8, 4) is 11.3 Å². The first-order chi connectivity index (χ1) is 8.33. The summed E-state index contributed by atoms with van der Waals surface area (Å²) in [6, 6.07) is 8.51. The van der Waals surface area contributed by atoms with Gasteiger partial charge in [0.05, 0.1) is 11.9 Å². The third-order valence-electron chi connectivity index (χ3n) is 2.87. The van der Waals surface area contributed by atoms with Crippen LogP contribution in [0, 0.1) is 0 Å². The maximum absolute atomic E-state index is 8.77. The number of hydrogen-bond acceptors (Lipinski definition) is 2. The SMILES string of the molecule is CCc1ccc(-c2cnc(CCCO)[nH]2)cc1. The van der Waals surface area contributed by atoms with Crippen LogP contribution in [0.15, 0.2) is 30.5 Å². The minimum atomic E-state index is 0.210. The molecule has 0 spiro atoms. The van der Waals surface area contributed by atoms with Crippen LogP contribution in [0.3, 0.4) is 0 Å². The molecule has 0 amide bonds. The molecule has 1 aromatic carbocycles. The van der Waals surface area contributed by atoms with Crippen LogP contribution >= 0.6 is 0 Å². The van der Waals surface area contributed by atoms with Crippen molar-refractivity contribution < 1.29 is 5.11 Å². The highest BCUT2D eigenvalue weighted by Crippen LogP contribution is 2.18. The van der Waals surface area contributed by atoms with Gasteiger partial charge in [0.25, 0.3) is 0 Å². The molecule has 17 heavy (non-hydrogen) atoms. The molecule has 0 aliphatic rings. The van der Waals surface area contributed by atoms with Gasteiger partial charge in [-0.25, -0.2) is 4.98 Å². The van der Waals surface area contributed by atoms with Crippen molar-refractivity contribution in [2.24, 2.45) is 0 Å². The lowest BCUT2D eigenvalue weighted by atomic mass is 10.1. The van der Waals surface area contributed by atoms with Crippen LogP contribution in [0.4, 0.5) is 0 Å². The molecule has 2 rings (SSSR count). The number of aliphatic hydroxyl groups excluding tert-OH is 1. The Morgan fingerprint density at radius 3 is 2.65 bits per heavy atom. The molecule has 2 N–H and O–H groups in total. The fourth-order valence-corrected chi connectivity index (χ4v) is 1.80. The zero-order valence-electron chi connectivity index (χ0n) is 10.1. The Kier molecular flexibility index (Phi) is 3.94. The summed E-state index contributed by atoms with van der Waals surface area (Å²) in [6.07, 6.45) is 4.46. The van der Waals surface area contributed by atoms with Gasteiger partial charge in [0.15, 0.2) is 0 Å². The van der Waals surface area contributed by atoms with E-state index in [0.717, 1.165) is 36.3 Å². The first kappa shape index (κ1) is 11.9. The summed E-state index contributed by atoms with van der Waals surface area (Å²) in [4.78, 5) is 7.59. The highest BCUT2D eigenvalue weighted by atomic mass is 16.2. The molecule has 2 aromatic rings. The highest BCUT2D eigenvalue weighted by Gasteiger charge is 2.02. The van der Waals surface area contributed by atoms with Gasteiger partial charge in [-0.15, -0.1) is 0 Å². The first-order valence-electron chi connectivity index (χ1n) is 6.07. The lowest BCUT2D eigenvalue weighted by Gasteiger charge is -2.00. The van der Waals surface area contributed by atoms with E-state index in [1.807, 2.05) is 6.20 Å². The van der Waals surface area contributed by atoms with Gasteiger partial charge in [0.1, 0.15) is 5.82 Å². The predicted molar refractivity (Wildman–Crippen MR) is 68.8 cm³/mol. The number of hydrogen-bond donors (Lipinski definition) is 2. The number of nitrogens with one attached hydrogen (secondary N) is 1. The molecule has 0 bridgehead atoms. The molecule has 1 aromatic heterocycles. The van der Waals surface area contributed by atoms with Crippen LogP contribution < -0.4 is 0 Å². The van der Waals surface area contributed by atoms with Crippen molar-refractivity contribution in [3.05, 3.63) is 41.9 Å². The number of aryl methyl sites for hydroxylation is 2. The maximum atomic E-state index is 8.77. The molecule has 0 saturated heterocycles. The fourth-order valence-electron chi connectivity index (χ4n) is 1.80.